The summed E-state index contributed by atoms with van der Waals surface area (Å²) in [5.74, 6) is 0.877. The number of halogens is 2. The van der Waals surface area contributed by atoms with Crippen LogP contribution in [0.25, 0.3) is 33.6 Å². The number of rotatable bonds is 12. The molecule has 0 bridgehead atoms. The smallest absolute Gasteiger partial charge is 0.237 e. The molecule has 2 fully saturated rings. The minimum atomic E-state index is -0.0735. The summed E-state index contributed by atoms with van der Waals surface area (Å²) in [6.45, 7) is 9.72. The van der Waals surface area contributed by atoms with E-state index < -0.39 is 0 Å². The molecule has 1 atom stereocenters. The molecule has 0 aliphatic carbocycles. The van der Waals surface area contributed by atoms with Crippen molar-refractivity contribution < 1.29 is 14.6 Å². The largest absolute Gasteiger partial charge is 0.480 e. The Morgan fingerprint density at radius 1 is 0.936 bits per heavy atom. The van der Waals surface area contributed by atoms with E-state index in [0.29, 0.717) is 69.1 Å². The van der Waals surface area contributed by atoms with Crippen molar-refractivity contribution in [2.75, 3.05) is 40.5 Å². The lowest BCUT2D eigenvalue weighted by molar-refractivity contribution is -0.0329. The highest BCUT2D eigenvalue weighted by atomic mass is 35.5. The van der Waals surface area contributed by atoms with Crippen molar-refractivity contribution in [1.29, 1.82) is 0 Å². The number of benzene rings is 2. The van der Waals surface area contributed by atoms with E-state index in [1.165, 1.54) is 0 Å². The molecule has 4 heterocycles. The molecule has 10 nitrogen and oxygen atoms in total. The zero-order valence-corrected chi connectivity index (χ0v) is 28.3. The average Bonchev–Trinajstić information content (AvgIpc) is 3.49. The van der Waals surface area contributed by atoms with Crippen LogP contribution in [-0.4, -0.2) is 76.4 Å². The summed E-state index contributed by atoms with van der Waals surface area (Å²) in [4.78, 5) is 21.1. The zero-order valence-electron chi connectivity index (χ0n) is 26.8. The molecule has 246 valence electrons. The van der Waals surface area contributed by atoms with Crippen LogP contribution in [0.4, 0.5) is 0 Å². The number of methoxy groups -OCH3 is 2. The van der Waals surface area contributed by atoms with Gasteiger partial charge in [-0.2, -0.15) is 0 Å². The van der Waals surface area contributed by atoms with Gasteiger partial charge in [-0.05, 0) is 12.8 Å². The molecule has 47 heavy (non-hydrogen) atoms. The maximum absolute atomic E-state index is 9.59. The molecular weight excluding hydrogens is 637 g/mol. The molecule has 2 saturated heterocycles. The van der Waals surface area contributed by atoms with Crippen molar-refractivity contribution in [3.63, 3.8) is 0 Å². The van der Waals surface area contributed by atoms with Crippen LogP contribution in [0.2, 0.25) is 10.0 Å². The number of aromatic nitrogens is 4. The van der Waals surface area contributed by atoms with Crippen molar-refractivity contribution >= 4 is 23.2 Å². The number of hydrogen-bond acceptors (Lipinski definition) is 10. The lowest BCUT2D eigenvalue weighted by atomic mass is 9.83. The van der Waals surface area contributed by atoms with Gasteiger partial charge in [0.05, 0.1) is 54.7 Å². The van der Waals surface area contributed by atoms with E-state index in [4.69, 9.17) is 42.6 Å². The van der Waals surface area contributed by atoms with Gasteiger partial charge in [0, 0.05) is 72.1 Å². The van der Waals surface area contributed by atoms with E-state index in [2.05, 4.69) is 39.0 Å². The van der Waals surface area contributed by atoms with Gasteiger partial charge in [0.1, 0.15) is 11.4 Å². The third-order valence-electron chi connectivity index (χ3n) is 8.70. The fourth-order valence-electron chi connectivity index (χ4n) is 6.24. The third kappa shape index (κ3) is 7.07. The number of nitrogens with zero attached hydrogens (tertiary/aromatic N) is 5. The van der Waals surface area contributed by atoms with Crippen LogP contribution in [-0.2, 0) is 13.1 Å². The average molecular weight is 677 g/mol. The van der Waals surface area contributed by atoms with Crippen molar-refractivity contribution in [1.82, 2.24) is 35.5 Å². The summed E-state index contributed by atoms with van der Waals surface area (Å²) < 4.78 is 11.2. The molecule has 2 aliphatic heterocycles. The zero-order chi connectivity index (χ0) is 33.1. The van der Waals surface area contributed by atoms with Gasteiger partial charge in [0.25, 0.3) is 0 Å². The first-order valence-corrected chi connectivity index (χ1v) is 16.3. The summed E-state index contributed by atoms with van der Waals surface area (Å²) in [5.41, 5.74) is 6.53. The Balaban J connectivity index is 1.23. The molecule has 0 unspecified atom stereocenters. The van der Waals surface area contributed by atoms with Crippen molar-refractivity contribution in [3.05, 3.63) is 82.5 Å². The van der Waals surface area contributed by atoms with Gasteiger partial charge >= 0.3 is 0 Å². The fraction of sp³-hybridized carbons (Fsp3) is 0.371. The third-order valence-corrected chi connectivity index (χ3v) is 9.52. The molecule has 2 aromatic carbocycles. The first kappa shape index (κ1) is 33.1. The van der Waals surface area contributed by atoms with Crippen LogP contribution in [0, 0.1) is 5.41 Å². The highest BCUT2D eigenvalue weighted by molar-refractivity contribution is 6.39. The second-order valence-corrected chi connectivity index (χ2v) is 13.2. The first-order valence-electron chi connectivity index (χ1n) is 15.6. The van der Waals surface area contributed by atoms with Crippen molar-refractivity contribution in [2.45, 2.75) is 38.9 Å². The highest BCUT2D eigenvalue weighted by Crippen LogP contribution is 2.42. The van der Waals surface area contributed by atoms with Crippen LogP contribution >= 0.6 is 23.2 Å². The fourth-order valence-corrected chi connectivity index (χ4v) is 6.89. The first-order chi connectivity index (χ1) is 22.7. The van der Waals surface area contributed by atoms with Crippen molar-refractivity contribution in [3.8, 4) is 45.4 Å². The second-order valence-electron chi connectivity index (χ2n) is 12.5. The predicted molar refractivity (Wildman–Crippen MR) is 185 cm³/mol. The van der Waals surface area contributed by atoms with E-state index >= 15 is 0 Å². The van der Waals surface area contributed by atoms with Gasteiger partial charge in [-0.3, -0.25) is 14.9 Å². The number of likely N-dealkylation sites (tertiary alicyclic amines) is 1. The van der Waals surface area contributed by atoms with Gasteiger partial charge in [0.15, 0.2) is 0 Å². The molecule has 3 N–H and O–H groups in total. The number of ether oxygens (including phenoxy) is 2. The maximum atomic E-state index is 9.59. The maximum Gasteiger partial charge on any atom is 0.237 e. The molecule has 6 rings (SSSR count). The molecule has 2 aliphatic rings. The van der Waals surface area contributed by atoms with E-state index in [9.17, 15) is 5.11 Å². The molecule has 0 saturated carbocycles. The standard InChI is InChI=1S/C35H39Cl2N7O3/c1-21-11-12-22(41-21)13-38-14-29-33(46-3)42-27(15-39-29)25-9-5-7-23(31(25)36)24-8-6-10-26(32(24)37)28-16-40-30(34(43-28)47-4)17-44-18-35(2,19-44)20-45/h5-10,15-16,22,38,41,45H,1,11-14,17-20H2,2-4H3/t22-/m0/s1. The Bertz CT molecular complexity index is 1780. The van der Waals surface area contributed by atoms with Crippen LogP contribution < -0.4 is 20.1 Å². The summed E-state index contributed by atoms with van der Waals surface area (Å²) in [6.07, 6.45) is 5.49. The monoisotopic (exact) mass is 675 g/mol. The number of aliphatic hydroxyl groups excluding tert-OH is 1. The quantitative estimate of drug-likeness (QED) is 0.171. The van der Waals surface area contributed by atoms with Gasteiger partial charge < -0.3 is 25.2 Å². The topological polar surface area (TPSA) is 118 Å². The lowest BCUT2D eigenvalue weighted by Gasteiger charge is -2.46. The van der Waals surface area contributed by atoms with E-state index in [1.807, 2.05) is 36.4 Å². The Morgan fingerprint density at radius 3 is 2.02 bits per heavy atom. The Labute approximate surface area is 285 Å². The predicted octanol–water partition coefficient (Wildman–Crippen LogP) is 5.76. The molecule has 0 spiro atoms. The minimum absolute atomic E-state index is 0.0735. The number of allylic oxidation sites excluding steroid dienone is 1. The minimum Gasteiger partial charge on any atom is -0.480 e. The van der Waals surface area contributed by atoms with Gasteiger partial charge in [-0.25, -0.2) is 9.97 Å². The summed E-state index contributed by atoms with van der Waals surface area (Å²) in [5, 5.41) is 17.4. The van der Waals surface area contributed by atoms with E-state index in [-0.39, 0.29) is 12.0 Å². The number of aliphatic hydroxyl groups is 1. The van der Waals surface area contributed by atoms with Gasteiger partial charge in [-0.1, -0.05) is 73.1 Å². The lowest BCUT2D eigenvalue weighted by Crippen LogP contribution is -2.55. The molecule has 0 radical (unpaired) electrons. The van der Waals surface area contributed by atoms with Gasteiger partial charge in [-0.15, -0.1) is 0 Å². The second kappa shape index (κ2) is 14.1. The van der Waals surface area contributed by atoms with Crippen molar-refractivity contribution in [2.24, 2.45) is 5.41 Å². The normalized spacial score (nSPS) is 17.3. The summed E-state index contributed by atoms with van der Waals surface area (Å²) >= 11 is 14.1. The Kier molecular flexibility index (Phi) is 9.96. The van der Waals surface area contributed by atoms with Crippen LogP contribution in [0.15, 0.2) is 61.1 Å². The van der Waals surface area contributed by atoms with Crippen LogP contribution in [0.5, 0.6) is 11.8 Å². The van der Waals surface area contributed by atoms with Crippen LogP contribution in [0.1, 0.15) is 31.2 Å². The number of nitrogens with one attached hydrogen (secondary N) is 2. The van der Waals surface area contributed by atoms with Crippen LogP contribution in [0.3, 0.4) is 0 Å². The molecule has 2 aromatic heterocycles. The number of hydrogen-bond donors (Lipinski definition) is 3. The van der Waals surface area contributed by atoms with Gasteiger partial charge in [0.2, 0.25) is 11.8 Å². The molecular formula is C35H39Cl2N7O3. The highest BCUT2D eigenvalue weighted by Gasteiger charge is 2.38. The Morgan fingerprint density at radius 2 is 1.49 bits per heavy atom. The molecule has 12 heteroatoms. The Hall–Kier alpha value is -3.80. The van der Waals surface area contributed by atoms with E-state index in [0.717, 1.165) is 55.0 Å². The summed E-state index contributed by atoms with van der Waals surface area (Å²) in [7, 11) is 3.17. The molecule has 4 aromatic rings. The summed E-state index contributed by atoms with van der Waals surface area (Å²) in [6, 6.07) is 11.8. The van der Waals surface area contributed by atoms with E-state index in [1.54, 1.807) is 26.6 Å². The SMILES string of the molecule is C=C1CC[C@@H](CNCc2ncc(-c3cccc(-c4cccc(-c5cnc(CN6CC(C)(CO)C6)c(OC)n5)c4Cl)c3Cl)nc2OC)N1. The molecule has 0 amide bonds.